The minimum atomic E-state index is -0.0419. The Labute approximate surface area is 121 Å². The van der Waals surface area contributed by atoms with Crippen molar-refractivity contribution in [2.75, 3.05) is 40.0 Å². The number of rotatable bonds is 9. The predicted octanol–water partition coefficient (Wildman–Crippen LogP) is 0.934. The minimum Gasteiger partial charge on any atom is -0.385 e. The maximum absolute atomic E-state index is 12.3. The van der Waals surface area contributed by atoms with E-state index in [0.29, 0.717) is 18.6 Å². The van der Waals surface area contributed by atoms with Crippen LogP contribution < -0.4 is 10.6 Å². The monoisotopic (exact) mass is 284 g/mol. The molecule has 5 heteroatoms. The van der Waals surface area contributed by atoms with Crippen LogP contribution in [0, 0.1) is 11.3 Å². The molecule has 1 heterocycles. The van der Waals surface area contributed by atoms with Gasteiger partial charge in [0.15, 0.2) is 0 Å². The van der Waals surface area contributed by atoms with E-state index in [-0.39, 0.29) is 17.9 Å². The largest absolute Gasteiger partial charge is 0.385 e. The van der Waals surface area contributed by atoms with Crippen molar-refractivity contribution in [2.24, 2.45) is 11.3 Å². The van der Waals surface area contributed by atoms with Gasteiger partial charge in [0.05, 0.1) is 19.1 Å². The second-order valence-electron chi connectivity index (χ2n) is 6.17. The van der Waals surface area contributed by atoms with Gasteiger partial charge in [-0.2, -0.15) is 0 Å². The van der Waals surface area contributed by atoms with Gasteiger partial charge in [-0.15, -0.1) is 0 Å². The molecule has 0 aromatic carbocycles. The van der Waals surface area contributed by atoms with E-state index < -0.39 is 0 Å². The zero-order valence-electron chi connectivity index (χ0n) is 12.7. The smallest absolute Gasteiger partial charge is 0.227 e. The van der Waals surface area contributed by atoms with Crippen LogP contribution in [0.15, 0.2) is 0 Å². The van der Waals surface area contributed by atoms with Crippen molar-refractivity contribution in [3.8, 4) is 0 Å². The molecule has 0 aromatic heterocycles. The molecule has 1 saturated heterocycles. The Morgan fingerprint density at radius 3 is 2.85 bits per heavy atom. The van der Waals surface area contributed by atoms with Crippen LogP contribution in [0.1, 0.15) is 32.6 Å². The maximum Gasteiger partial charge on any atom is 0.227 e. The first kappa shape index (κ1) is 15.7. The molecule has 0 radical (unpaired) electrons. The molecule has 2 fully saturated rings. The van der Waals surface area contributed by atoms with Crippen molar-refractivity contribution in [3.63, 3.8) is 0 Å². The molecular weight excluding hydrogens is 256 g/mol. The molecule has 0 spiro atoms. The van der Waals surface area contributed by atoms with Gasteiger partial charge >= 0.3 is 0 Å². The van der Waals surface area contributed by atoms with Crippen LogP contribution in [-0.2, 0) is 14.3 Å². The Balaban J connectivity index is 1.73. The molecule has 2 rings (SSSR count). The number of hydrogen-bond donors (Lipinski definition) is 2. The highest BCUT2D eigenvalue weighted by Gasteiger charge is 2.43. The van der Waals surface area contributed by atoms with Crippen LogP contribution in [0.3, 0.4) is 0 Å². The number of methoxy groups -OCH3 is 1. The summed E-state index contributed by atoms with van der Waals surface area (Å²) >= 11 is 0. The van der Waals surface area contributed by atoms with Gasteiger partial charge in [0.2, 0.25) is 5.91 Å². The molecule has 0 bridgehead atoms. The lowest BCUT2D eigenvalue weighted by Crippen LogP contribution is -2.45. The summed E-state index contributed by atoms with van der Waals surface area (Å²) in [6.07, 6.45) is 4.53. The highest BCUT2D eigenvalue weighted by Crippen LogP contribution is 2.48. The zero-order valence-corrected chi connectivity index (χ0v) is 12.7. The van der Waals surface area contributed by atoms with Crippen LogP contribution in [-0.4, -0.2) is 52.0 Å². The van der Waals surface area contributed by atoms with E-state index >= 15 is 0 Å². The first-order valence-electron chi connectivity index (χ1n) is 7.78. The third kappa shape index (κ3) is 4.17. The van der Waals surface area contributed by atoms with Crippen LogP contribution in [0.4, 0.5) is 0 Å². The van der Waals surface area contributed by atoms with Crippen molar-refractivity contribution in [1.29, 1.82) is 0 Å². The topological polar surface area (TPSA) is 59.6 Å². The lowest BCUT2D eigenvalue weighted by Gasteiger charge is -2.21. The van der Waals surface area contributed by atoms with Gasteiger partial charge in [0.25, 0.3) is 0 Å². The van der Waals surface area contributed by atoms with E-state index in [1.807, 2.05) is 0 Å². The third-order valence-corrected chi connectivity index (χ3v) is 4.51. The average Bonchev–Trinajstić information content (AvgIpc) is 3.08. The summed E-state index contributed by atoms with van der Waals surface area (Å²) < 4.78 is 10.6. The Morgan fingerprint density at radius 2 is 2.20 bits per heavy atom. The Bertz CT molecular complexity index is 318. The fourth-order valence-electron chi connectivity index (χ4n) is 2.76. The Kier molecular flexibility index (Phi) is 5.81. The summed E-state index contributed by atoms with van der Waals surface area (Å²) in [6, 6.07) is 0.170. The molecule has 2 N–H and O–H groups in total. The fourth-order valence-corrected chi connectivity index (χ4v) is 2.76. The van der Waals surface area contributed by atoms with E-state index in [2.05, 4.69) is 17.6 Å². The number of carbonyl (C=O) groups excluding carboxylic acids is 1. The molecule has 116 valence electrons. The normalized spacial score (nSPS) is 27.5. The molecule has 1 aliphatic carbocycles. The molecule has 2 unspecified atom stereocenters. The lowest BCUT2D eigenvalue weighted by molar-refractivity contribution is -0.125. The van der Waals surface area contributed by atoms with Gasteiger partial charge < -0.3 is 20.1 Å². The van der Waals surface area contributed by atoms with Gasteiger partial charge in [-0.3, -0.25) is 4.79 Å². The van der Waals surface area contributed by atoms with Crippen molar-refractivity contribution < 1.29 is 14.3 Å². The summed E-state index contributed by atoms with van der Waals surface area (Å²) in [5, 5.41) is 6.53. The number of nitrogens with one attached hydrogen (secondary N) is 2. The third-order valence-electron chi connectivity index (χ3n) is 4.51. The number of amides is 1. The van der Waals surface area contributed by atoms with Crippen molar-refractivity contribution in [1.82, 2.24) is 10.6 Å². The molecule has 2 aliphatic rings. The Morgan fingerprint density at radius 1 is 1.40 bits per heavy atom. The first-order chi connectivity index (χ1) is 9.71. The van der Waals surface area contributed by atoms with Gasteiger partial charge in [0.1, 0.15) is 0 Å². The van der Waals surface area contributed by atoms with Crippen LogP contribution in [0.2, 0.25) is 0 Å². The highest BCUT2D eigenvalue weighted by atomic mass is 16.5. The van der Waals surface area contributed by atoms with Gasteiger partial charge in [-0.25, -0.2) is 0 Å². The second kappa shape index (κ2) is 7.38. The quantitative estimate of drug-likeness (QED) is 0.661. The molecular formula is C15H28N2O3. The highest BCUT2D eigenvalue weighted by molar-refractivity contribution is 5.80. The number of ether oxygens (including phenoxy) is 2. The molecule has 2 atom stereocenters. The molecule has 1 amide bonds. The summed E-state index contributed by atoms with van der Waals surface area (Å²) in [5.41, 5.74) is 0.303. The summed E-state index contributed by atoms with van der Waals surface area (Å²) in [5.74, 6) is 0.0968. The SMILES string of the molecule is CCCNC1COCC1C(=O)NCC1(CCOC)CC1. The summed E-state index contributed by atoms with van der Waals surface area (Å²) in [6.45, 7) is 5.82. The molecule has 5 nitrogen and oxygen atoms in total. The minimum absolute atomic E-state index is 0.0419. The van der Waals surface area contributed by atoms with Crippen molar-refractivity contribution >= 4 is 5.91 Å². The first-order valence-corrected chi connectivity index (χ1v) is 7.78. The van der Waals surface area contributed by atoms with Crippen LogP contribution >= 0.6 is 0 Å². The molecule has 1 saturated carbocycles. The second-order valence-corrected chi connectivity index (χ2v) is 6.17. The lowest BCUT2D eigenvalue weighted by atomic mass is 10.00. The number of carbonyl (C=O) groups is 1. The van der Waals surface area contributed by atoms with E-state index in [1.165, 1.54) is 12.8 Å². The van der Waals surface area contributed by atoms with Gasteiger partial charge in [0, 0.05) is 26.3 Å². The summed E-state index contributed by atoms with van der Waals surface area (Å²) in [4.78, 5) is 12.3. The van der Waals surface area contributed by atoms with E-state index in [0.717, 1.165) is 32.5 Å². The maximum atomic E-state index is 12.3. The number of hydrogen-bond acceptors (Lipinski definition) is 4. The van der Waals surface area contributed by atoms with Crippen molar-refractivity contribution in [2.45, 2.75) is 38.6 Å². The summed E-state index contributed by atoms with van der Waals surface area (Å²) in [7, 11) is 1.73. The standard InChI is InChI=1S/C15H28N2O3/c1-3-7-16-13-10-20-9-12(13)14(18)17-11-15(4-5-15)6-8-19-2/h12-13,16H,3-11H2,1-2H3,(H,17,18). The molecule has 1 aliphatic heterocycles. The molecule has 0 aromatic rings. The van der Waals surface area contributed by atoms with E-state index in [1.54, 1.807) is 7.11 Å². The zero-order chi connectivity index (χ0) is 14.4. The fraction of sp³-hybridized carbons (Fsp3) is 0.933. The Hall–Kier alpha value is -0.650. The predicted molar refractivity (Wildman–Crippen MR) is 77.6 cm³/mol. The van der Waals surface area contributed by atoms with E-state index in [9.17, 15) is 4.79 Å². The van der Waals surface area contributed by atoms with Gasteiger partial charge in [-0.1, -0.05) is 6.92 Å². The average molecular weight is 284 g/mol. The van der Waals surface area contributed by atoms with Crippen molar-refractivity contribution in [3.05, 3.63) is 0 Å². The van der Waals surface area contributed by atoms with Gasteiger partial charge in [-0.05, 0) is 37.6 Å². The van der Waals surface area contributed by atoms with E-state index in [4.69, 9.17) is 9.47 Å². The van der Waals surface area contributed by atoms with Crippen LogP contribution in [0.5, 0.6) is 0 Å². The molecule has 20 heavy (non-hydrogen) atoms. The van der Waals surface area contributed by atoms with Crippen LogP contribution in [0.25, 0.3) is 0 Å².